The van der Waals surface area contributed by atoms with E-state index in [9.17, 15) is 9.59 Å². The molecule has 2 aromatic carbocycles. The van der Waals surface area contributed by atoms with Crippen molar-refractivity contribution < 1.29 is 14.3 Å². The number of hydrogen-bond donors (Lipinski definition) is 1. The van der Waals surface area contributed by atoms with Crippen LogP contribution in [0, 0.1) is 6.92 Å². The zero-order chi connectivity index (χ0) is 21.8. The molecule has 156 valence electrons. The summed E-state index contributed by atoms with van der Waals surface area (Å²) in [7, 11) is 1.79. The van der Waals surface area contributed by atoms with Crippen LogP contribution in [0.25, 0.3) is 11.0 Å². The summed E-state index contributed by atoms with van der Waals surface area (Å²) in [6, 6.07) is 19.0. The molecule has 0 saturated heterocycles. The van der Waals surface area contributed by atoms with Gasteiger partial charge in [0.05, 0.1) is 16.9 Å². The molecule has 0 unspecified atom stereocenters. The molecular weight excluding hydrogens is 412 g/mol. The van der Waals surface area contributed by atoms with E-state index in [-0.39, 0.29) is 5.56 Å². The van der Waals surface area contributed by atoms with Gasteiger partial charge in [0.25, 0.3) is 5.91 Å². The summed E-state index contributed by atoms with van der Waals surface area (Å²) in [6.07, 6.45) is 1.43. The van der Waals surface area contributed by atoms with Crippen LogP contribution < -0.4 is 5.32 Å². The Bertz CT molecular complexity index is 1250. The van der Waals surface area contributed by atoms with Crippen molar-refractivity contribution in [1.82, 2.24) is 14.8 Å². The van der Waals surface area contributed by atoms with Crippen molar-refractivity contribution in [3.63, 3.8) is 0 Å². The molecule has 31 heavy (non-hydrogen) atoms. The molecule has 4 aromatic rings. The minimum absolute atomic E-state index is 0.274. The van der Waals surface area contributed by atoms with Crippen molar-refractivity contribution in [2.75, 3.05) is 11.9 Å². The fraction of sp³-hybridized carbons (Fsp3) is 0.130. The number of esters is 1. The van der Waals surface area contributed by atoms with E-state index in [1.165, 1.54) is 6.20 Å². The van der Waals surface area contributed by atoms with Gasteiger partial charge in [-0.15, -0.1) is 0 Å². The van der Waals surface area contributed by atoms with Gasteiger partial charge in [-0.1, -0.05) is 42.1 Å². The molecule has 0 radical (unpaired) electrons. The number of fused-ring (bicyclic) bond motifs is 1. The fourth-order valence-corrected chi connectivity index (χ4v) is 4.02. The van der Waals surface area contributed by atoms with Crippen molar-refractivity contribution >= 4 is 40.4 Å². The lowest BCUT2D eigenvalue weighted by molar-refractivity contribution is -0.119. The van der Waals surface area contributed by atoms with Crippen LogP contribution in [-0.2, 0) is 16.6 Å². The SMILES string of the molecule is Cc1nn(C)c2ncc(C(=O)OCC(=O)Nc3ccccc3Sc3ccccc3)cc12. The highest BCUT2D eigenvalue weighted by molar-refractivity contribution is 7.99. The highest BCUT2D eigenvalue weighted by atomic mass is 32.2. The average Bonchev–Trinajstić information content (AvgIpc) is 3.07. The Morgan fingerprint density at radius 3 is 2.65 bits per heavy atom. The number of nitrogens with zero attached hydrogens (tertiary/aromatic N) is 3. The Balaban J connectivity index is 1.40. The van der Waals surface area contributed by atoms with Crippen LogP contribution in [0.3, 0.4) is 0 Å². The fourth-order valence-electron chi connectivity index (χ4n) is 3.09. The Hall–Kier alpha value is -3.65. The van der Waals surface area contributed by atoms with Crippen LogP contribution in [-0.4, -0.2) is 33.2 Å². The van der Waals surface area contributed by atoms with Gasteiger partial charge in [-0.25, -0.2) is 9.78 Å². The minimum atomic E-state index is -0.611. The van der Waals surface area contributed by atoms with E-state index >= 15 is 0 Å². The molecule has 8 heteroatoms. The number of carbonyl (C=O) groups excluding carboxylic acids is 2. The average molecular weight is 433 g/mol. The van der Waals surface area contributed by atoms with Gasteiger partial charge in [-0.3, -0.25) is 9.48 Å². The van der Waals surface area contributed by atoms with E-state index < -0.39 is 18.5 Å². The zero-order valence-electron chi connectivity index (χ0n) is 17.0. The summed E-state index contributed by atoms with van der Waals surface area (Å²) in [5, 5.41) is 7.87. The van der Waals surface area contributed by atoms with Crippen molar-refractivity contribution in [1.29, 1.82) is 0 Å². The van der Waals surface area contributed by atoms with Gasteiger partial charge >= 0.3 is 5.97 Å². The van der Waals surface area contributed by atoms with Gasteiger partial charge in [0.2, 0.25) is 0 Å². The first-order valence-corrected chi connectivity index (χ1v) is 10.4. The van der Waals surface area contributed by atoms with Gasteiger partial charge in [0.15, 0.2) is 12.3 Å². The molecule has 2 heterocycles. The summed E-state index contributed by atoms with van der Waals surface area (Å²) in [4.78, 5) is 31.0. The van der Waals surface area contributed by atoms with E-state index in [1.54, 1.807) is 29.6 Å². The second-order valence-electron chi connectivity index (χ2n) is 6.84. The standard InChI is InChI=1S/C23H20N4O3S/c1-15-18-12-16(13-24-22(18)27(2)26-15)23(29)30-14-21(28)25-19-10-6-7-11-20(19)31-17-8-4-3-5-9-17/h3-13H,14H2,1-2H3,(H,25,28). The number of rotatable bonds is 6. The van der Waals surface area contributed by atoms with Gasteiger partial charge in [0, 0.05) is 28.4 Å². The topological polar surface area (TPSA) is 86.1 Å². The highest BCUT2D eigenvalue weighted by Crippen LogP contribution is 2.33. The lowest BCUT2D eigenvalue weighted by Gasteiger charge is -2.11. The maximum absolute atomic E-state index is 12.4. The number of nitrogens with one attached hydrogen (secondary N) is 1. The monoisotopic (exact) mass is 432 g/mol. The van der Waals surface area contributed by atoms with Gasteiger partial charge in [-0.2, -0.15) is 5.10 Å². The van der Waals surface area contributed by atoms with Crippen LogP contribution in [0.1, 0.15) is 16.1 Å². The van der Waals surface area contributed by atoms with Crippen molar-refractivity contribution in [3.05, 3.63) is 78.1 Å². The minimum Gasteiger partial charge on any atom is -0.452 e. The van der Waals surface area contributed by atoms with Gasteiger partial charge in [-0.05, 0) is 37.3 Å². The first-order valence-electron chi connectivity index (χ1n) is 9.59. The smallest absolute Gasteiger partial charge is 0.340 e. The van der Waals surface area contributed by atoms with E-state index in [4.69, 9.17) is 4.74 Å². The van der Waals surface area contributed by atoms with Crippen LogP contribution in [0.5, 0.6) is 0 Å². The lowest BCUT2D eigenvalue weighted by atomic mass is 10.2. The molecule has 2 aromatic heterocycles. The second kappa shape index (κ2) is 9.01. The number of benzene rings is 2. The quantitative estimate of drug-likeness (QED) is 0.459. The number of amides is 1. The zero-order valence-corrected chi connectivity index (χ0v) is 17.8. The summed E-state index contributed by atoms with van der Waals surface area (Å²) in [6.45, 7) is 1.45. The van der Waals surface area contributed by atoms with Crippen molar-refractivity contribution in [2.24, 2.45) is 7.05 Å². The largest absolute Gasteiger partial charge is 0.452 e. The van der Waals surface area contributed by atoms with Crippen molar-refractivity contribution in [3.8, 4) is 0 Å². The molecule has 7 nitrogen and oxygen atoms in total. The Kier molecular flexibility index (Phi) is 5.99. The summed E-state index contributed by atoms with van der Waals surface area (Å²) in [5.41, 5.74) is 2.38. The van der Waals surface area contributed by atoms with Crippen LogP contribution >= 0.6 is 11.8 Å². The molecule has 0 saturated carbocycles. The molecule has 4 rings (SSSR count). The number of para-hydroxylation sites is 1. The third-order valence-corrected chi connectivity index (χ3v) is 5.65. The molecule has 0 spiro atoms. The number of hydrogen-bond acceptors (Lipinski definition) is 6. The molecular formula is C23H20N4O3S. The molecule has 0 bridgehead atoms. The molecule has 0 aliphatic carbocycles. The first-order chi connectivity index (χ1) is 15.0. The van der Waals surface area contributed by atoms with Crippen molar-refractivity contribution in [2.45, 2.75) is 16.7 Å². The van der Waals surface area contributed by atoms with E-state index in [0.717, 1.165) is 20.9 Å². The van der Waals surface area contributed by atoms with Crippen LogP contribution in [0.4, 0.5) is 5.69 Å². The second-order valence-corrected chi connectivity index (χ2v) is 7.96. The van der Waals surface area contributed by atoms with E-state index in [2.05, 4.69) is 15.4 Å². The third kappa shape index (κ3) is 4.75. The number of ether oxygens (including phenoxy) is 1. The van der Waals surface area contributed by atoms with Crippen LogP contribution in [0.2, 0.25) is 0 Å². The molecule has 0 fully saturated rings. The molecule has 0 atom stereocenters. The number of aromatic nitrogens is 3. The third-order valence-electron chi connectivity index (χ3n) is 4.57. The lowest BCUT2D eigenvalue weighted by Crippen LogP contribution is -2.21. The maximum atomic E-state index is 12.4. The predicted molar refractivity (Wildman–Crippen MR) is 119 cm³/mol. The normalized spacial score (nSPS) is 10.8. The van der Waals surface area contributed by atoms with E-state index in [0.29, 0.717) is 11.3 Å². The molecule has 1 amide bonds. The van der Waals surface area contributed by atoms with Crippen LogP contribution in [0.15, 0.2) is 76.7 Å². The number of pyridine rings is 1. The maximum Gasteiger partial charge on any atom is 0.340 e. The highest BCUT2D eigenvalue weighted by Gasteiger charge is 2.15. The molecule has 0 aliphatic heterocycles. The van der Waals surface area contributed by atoms with Gasteiger partial charge < -0.3 is 10.1 Å². The number of aryl methyl sites for hydroxylation is 2. The molecule has 1 N–H and O–H groups in total. The number of anilines is 1. The van der Waals surface area contributed by atoms with Gasteiger partial charge in [0.1, 0.15) is 0 Å². The predicted octanol–water partition coefficient (Wildman–Crippen LogP) is 4.22. The van der Waals surface area contributed by atoms with E-state index in [1.807, 2.05) is 61.5 Å². The summed E-state index contributed by atoms with van der Waals surface area (Å²) in [5.74, 6) is -1.03. The Morgan fingerprint density at radius 1 is 1.10 bits per heavy atom. The Labute approximate surface area is 183 Å². The molecule has 0 aliphatic rings. The Morgan fingerprint density at radius 2 is 1.84 bits per heavy atom. The first kappa shape index (κ1) is 20.6. The number of carbonyl (C=O) groups is 2. The summed E-state index contributed by atoms with van der Waals surface area (Å²) < 4.78 is 6.84. The summed E-state index contributed by atoms with van der Waals surface area (Å²) >= 11 is 1.54.